The summed E-state index contributed by atoms with van der Waals surface area (Å²) in [5, 5.41) is 0.756. The van der Waals surface area contributed by atoms with Gasteiger partial charge >= 0.3 is 0 Å². The Morgan fingerprint density at radius 3 is 2.41 bits per heavy atom. The molecule has 2 aromatic rings. The van der Waals surface area contributed by atoms with Gasteiger partial charge in [0.2, 0.25) is 5.91 Å². The Balaban J connectivity index is 2.01. The molecule has 1 amide bonds. The fourth-order valence-electron chi connectivity index (χ4n) is 4.21. The number of hydrogen-bond acceptors (Lipinski definition) is 2. The van der Waals surface area contributed by atoms with Gasteiger partial charge < -0.3 is 4.90 Å². The third-order valence-electron chi connectivity index (χ3n) is 6.33. The van der Waals surface area contributed by atoms with Gasteiger partial charge in [0.05, 0.1) is 0 Å². The number of ketones is 1. The van der Waals surface area contributed by atoms with Crippen molar-refractivity contribution in [2.24, 2.45) is 5.41 Å². The number of benzene rings is 2. The molecule has 0 saturated carbocycles. The molecule has 0 radical (unpaired) electrons. The molecule has 0 aromatic heterocycles. The summed E-state index contributed by atoms with van der Waals surface area (Å²) in [4.78, 5) is 26.3. The minimum atomic E-state index is -0.503. The van der Waals surface area contributed by atoms with Gasteiger partial charge in [0.25, 0.3) is 0 Å². The smallest absolute Gasteiger partial charge is 0.227 e. The van der Waals surface area contributed by atoms with E-state index in [-0.39, 0.29) is 17.1 Å². The Labute approximate surface area is 197 Å². The van der Waals surface area contributed by atoms with E-state index in [0.29, 0.717) is 19.4 Å². The van der Waals surface area contributed by atoms with Crippen molar-refractivity contribution in [2.75, 3.05) is 6.54 Å². The van der Waals surface area contributed by atoms with Crippen molar-refractivity contribution in [2.45, 2.75) is 65.7 Å². The minimum Gasteiger partial charge on any atom is -0.318 e. The maximum atomic E-state index is 13.1. The summed E-state index contributed by atoms with van der Waals surface area (Å²) in [7, 11) is 0. The minimum absolute atomic E-state index is 0.0290. The van der Waals surface area contributed by atoms with E-state index < -0.39 is 5.41 Å². The standard InChI is InChI=1S/C28H34ClNO2/c1-20(31)14-16-30-19-24(21-9-7-6-8-10-21)28(5,18-26(30)32)23-12-11-22(25(29)17-23)13-15-27(2,3)4/h6-12,17,19H,13-16,18H2,1-5H3/t28-/m0/s1. The lowest BCUT2D eigenvalue weighted by Gasteiger charge is -2.40. The monoisotopic (exact) mass is 451 g/mol. The van der Waals surface area contributed by atoms with E-state index in [1.165, 1.54) is 0 Å². The second-order valence-corrected chi connectivity index (χ2v) is 10.7. The van der Waals surface area contributed by atoms with Crippen LogP contribution in [0, 0.1) is 5.41 Å². The molecular formula is C28H34ClNO2. The summed E-state index contributed by atoms with van der Waals surface area (Å²) >= 11 is 6.73. The zero-order valence-corrected chi connectivity index (χ0v) is 20.6. The van der Waals surface area contributed by atoms with Gasteiger partial charge in [-0.25, -0.2) is 0 Å². The van der Waals surface area contributed by atoms with Gasteiger partial charge in [0.15, 0.2) is 0 Å². The van der Waals surface area contributed by atoms with Crippen molar-refractivity contribution in [1.82, 2.24) is 4.90 Å². The highest BCUT2D eigenvalue weighted by atomic mass is 35.5. The van der Waals surface area contributed by atoms with Crippen molar-refractivity contribution < 1.29 is 9.59 Å². The first-order chi connectivity index (χ1) is 15.0. The lowest BCUT2D eigenvalue weighted by molar-refractivity contribution is -0.130. The van der Waals surface area contributed by atoms with Gasteiger partial charge in [0.1, 0.15) is 5.78 Å². The molecule has 32 heavy (non-hydrogen) atoms. The Morgan fingerprint density at radius 2 is 1.81 bits per heavy atom. The predicted octanol–water partition coefficient (Wildman–Crippen LogP) is 6.83. The van der Waals surface area contributed by atoms with Crippen molar-refractivity contribution in [3.63, 3.8) is 0 Å². The van der Waals surface area contributed by atoms with Crippen LogP contribution in [0.3, 0.4) is 0 Å². The fraction of sp³-hybridized carbons (Fsp3) is 0.429. The summed E-state index contributed by atoms with van der Waals surface area (Å²) in [6.07, 6.45) is 4.62. The van der Waals surface area contributed by atoms with Crippen LogP contribution < -0.4 is 0 Å². The summed E-state index contributed by atoms with van der Waals surface area (Å²) in [5.74, 6) is 0.111. The first kappa shape index (κ1) is 24.3. The Hall–Kier alpha value is -2.39. The van der Waals surface area contributed by atoms with Crippen molar-refractivity contribution in [3.05, 3.63) is 76.4 Å². The SMILES string of the molecule is CC(=O)CCN1C=C(c2ccccc2)[C@](C)(c2ccc(CCC(C)(C)C)c(Cl)c2)CC1=O. The topological polar surface area (TPSA) is 37.4 Å². The molecule has 4 heteroatoms. The zero-order chi connectivity index (χ0) is 23.5. The van der Waals surface area contributed by atoms with Crippen LogP contribution >= 0.6 is 11.6 Å². The van der Waals surface area contributed by atoms with E-state index in [2.05, 4.69) is 52.0 Å². The molecule has 1 heterocycles. The van der Waals surface area contributed by atoms with Crippen LogP contribution in [0.2, 0.25) is 5.02 Å². The summed E-state index contributed by atoms with van der Waals surface area (Å²) in [6.45, 7) is 10.8. The molecule has 1 aliphatic heterocycles. The van der Waals surface area contributed by atoms with Crippen LogP contribution in [0.1, 0.15) is 70.6 Å². The van der Waals surface area contributed by atoms with E-state index >= 15 is 0 Å². The van der Waals surface area contributed by atoms with Gasteiger partial charge in [-0.05, 0) is 53.5 Å². The highest BCUT2D eigenvalue weighted by molar-refractivity contribution is 6.31. The number of halogens is 1. The average Bonchev–Trinajstić information content (AvgIpc) is 2.72. The molecule has 170 valence electrons. The second kappa shape index (κ2) is 9.62. The molecule has 2 aromatic carbocycles. The van der Waals surface area contributed by atoms with Crippen LogP contribution in [0.4, 0.5) is 0 Å². The Morgan fingerprint density at radius 1 is 1.12 bits per heavy atom. The van der Waals surface area contributed by atoms with Gasteiger partial charge in [0, 0.05) is 36.0 Å². The van der Waals surface area contributed by atoms with E-state index in [1.807, 2.05) is 30.5 Å². The highest BCUT2D eigenvalue weighted by Gasteiger charge is 2.40. The first-order valence-corrected chi connectivity index (χ1v) is 11.7. The number of carbonyl (C=O) groups excluding carboxylic acids is 2. The van der Waals surface area contributed by atoms with Crippen LogP contribution in [0.15, 0.2) is 54.7 Å². The summed E-state index contributed by atoms with van der Waals surface area (Å²) < 4.78 is 0. The molecule has 3 nitrogen and oxygen atoms in total. The van der Waals surface area contributed by atoms with Gasteiger partial charge in [-0.1, -0.05) is 81.8 Å². The molecule has 0 bridgehead atoms. The zero-order valence-electron chi connectivity index (χ0n) is 19.9. The number of carbonyl (C=O) groups is 2. The fourth-order valence-corrected chi connectivity index (χ4v) is 4.48. The van der Waals surface area contributed by atoms with Crippen LogP contribution in [0.5, 0.6) is 0 Å². The van der Waals surface area contributed by atoms with Crippen molar-refractivity contribution in [3.8, 4) is 0 Å². The highest BCUT2D eigenvalue weighted by Crippen LogP contribution is 2.45. The third kappa shape index (κ3) is 5.69. The normalized spacial score (nSPS) is 19.1. The molecule has 1 atom stereocenters. The maximum absolute atomic E-state index is 13.1. The quantitative estimate of drug-likeness (QED) is 0.462. The number of amides is 1. The lowest BCUT2D eigenvalue weighted by atomic mass is 9.69. The number of nitrogens with zero attached hydrogens (tertiary/aromatic N) is 1. The van der Waals surface area contributed by atoms with E-state index in [4.69, 9.17) is 11.6 Å². The molecule has 0 unspecified atom stereocenters. The molecule has 0 N–H and O–H groups in total. The second-order valence-electron chi connectivity index (χ2n) is 10.3. The largest absolute Gasteiger partial charge is 0.318 e. The number of allylic oxidation sites excluding steroid dienone is 1. The summed E-state index contributed by atoms with van der Waals surface area (Å²) in [6, 6.07) is 16.4. The molecule has 3 rings (SSSR count). The van der Waals surface area contributed by atoms with Crippen LogP contribution in [0.25, 0.3) is 5.57 Å². The number of Topliss-reactive ketones (excluding diaryl/α,β-unsaturated/α-hetero) is 1. The van der Waals surface area contributed by atoms with Gasteiger partial charge in [-0.2, -0.15) is 0 Å². The van der Waals surface area contributed by atoms with E-state index in [9.17, 15) is 9.59 Å². The van der Waals surface area contributed by atoms with Crippen LogP contribution in [-0.4, -0.2) is 23.1 Å². The maximum Gasteiger partial charge on any atom is 0.227 e. The summed E-state index contributed by atoms with van der Waals surface area (Å²) in [5.41, 5.74) is 4.07. The van der Waals surface area contributed by atoms with Crippen molar-refractivity contribution in [1.29, 1.82) is 0 Å². The van der Waals surface area contributed by atoms with Gasteiger partial charge in [-0.15, -0.1) is 0 Å². The molecule has 0 aliphatic carbocycles. The molecular weight excluding hydrogens is 418 g/mol. The van der Waals surface area contributed by atoms with Crippen LogP contribution in [-0.2, 0) is 21.4 Å². The van der Waals surface area contributed by atoms with E-state index in [0.717, 1.165) is 40.1 Å². The Kier molecular flexibility index (Phi) is 7.29. The molecule has 0 saturated heterocycles. The van der Waals surface area contributed by atoms with E-state index in [1.54, 1.807) is 11.8 Å². The number of rotatable bonds is 7. The lowest BCUT2D eigenvalue weighted by Crippen LogP contribution is -2.41. The molecule has 1 aliphatic rings. The number of aryl methyl sites for hydroxylation is 1. The average molecular weight is 452 g/mol. The van der Waals surface area contributed by atoms with Gasteiger partial charge in [-0.3, -0.25) is 9.59 Å². The third-order valence-corrected chi connectivity index (χ3v) is 6.68. The first-order valence-electron chi connectivity index (χ1n) is 11.4. The Bertz CT molecular complexity index is 1020. The molecule has 0 spiro atoms. The van der Waals surface area contributed by atoms with Crippen molar-refractivity contribution >= 4 is 28.9 Å². The molecule has 0 fully saturated rings. The number of hydrogen-bond donors (Lipinski definition) is 0. The predicted molar refractivity (Wildman–Crippen MR) is 133 cm³/mol.